The average Bonchev–Trinajstić information content (AvgIpc) is 3.46. The Morgan fingerprint density at radius 1 is 1.23 bits per heavy atom. The molecule has 1 fully saturated rings. The molecule has 26 heavy (non-hydrogen) atoms. The van der Waals surface area contributed by atoms with Crippen LogP contribution in [0.4, 0.5) is 5.69 Å². The summed E-state index contributed by atoms with van der Waals surface area (Å²) in [5.74, 6) is 0.0800. The molecule has 1 aliphatic heterocycles. The smallest absolute Gasteiger partial charge is 0.262 e. The van der Waals surface area contributed by atoms with E-state index in [0.29, 0.717) is 23.5 Å². The summed E-state index contributed by atoms with van der Waals surface area (Å²) in [6.07, 6.45) is 1.15. The number of aliphatic hydroxyl groups excluding tert-OH is 1. The van der Waals surface area contributed by atoms with Crippen molar-refractivity contribution in [2.45, 2.75) is 18.9 Å². The van der Waals surface area contributed by atoms with Gasteiger partial charge >= 0.3 is 0 Å². The van der Waals surface area contributed by atoms with Gasteiger partial charge in [0.15, 0.2) is 6.61 Å². The molecule has 1 atom stereocenters. The minimum atomic E-state index is -0.597. The Morgan fingerprint density at radius 3 is 2.73 bits per heavy atom. The molecule has 134 valence electrons. The first kappa shape index (κ1) is 16.6. The number of rotatable bonds is 5. The first-order valence-corrected chi connectivity index (χ1v) is 8.65. The molecular weight excluding hydrogens is 332 g/mol. The van der Waals surface area contributed by atoms with E-state index in [9.17, 15) is 14.7 Å². The number of carbonyl (C=O) groups is 2. The molecule has 0 radical (unpaired) electrons. The fraction of sp³-hybridized carbons (Fsp3) is 0.300. The number of anilines is 1. The van der Waals surface area contributed by atoms with Crippen molar-refractivity contribution in [2.75, 3.05) is 18.5 Å². The van der Waals surface area contributed by atoms with Crippen molar-refractivity contribution in [1.82, 2.24) is 5.32 Å². The first-order chi connectivity index (χ1) is 12.6. The van der Waals surface area contributed by atoms with E-state index in [-0.39, 0.29) is 23.8 Å². The number of aliphatic hydroxyl groups is 1. The van der Waals surface area contributed by atoms with Gasteiger partial charge in [0.2, 0.25) is 0 Å². The van der Waals surface area contributed by atoms with Gasteiger partial charge in [-0.1, -0.05) is 30.3 Å². The predicted octanol–water partition coefficient (Wildman–Crippen LogP) is 2.26. The summed E-state index contributed by atoms with van der Waals surface area (Å²) in [5, 5.41) is 16.3. The summed E-state index contributed by atoms with van der Waals surface area (Å²) in [6.45, 7) is 0.389. The lowest BCUT2D eigenvalue weighted by Gasteiger charge is -2.23. The quantitative estimate of drug-likeness (QED) is 0.770. The monoisotopic (exact) mass is 352 g/mol. The molecule has 2 aliphatic rings. The SMILES string of the molecule is O=C1COc2ccc(C(=O)NCC3(C(O)c4ccccc4)CC3)cc2N1. The molecule has 1 saturated carbocycles. The van der Waals surface area contributed by atoms with Gasteiger partial charge in [0.05, 0.1) is 11.8 Å². The molecule has 1 aliphatic carbocycles. The van der Waals surface area contributed by atoms with Crippen LogP contribution in [0.15, 0.2) is 48.5 Å². The minimum Gasteiger partial charge on any atom is -0.482 e. The van der Waals surface area contributed by atoms with Crippen molar-refractivity contribution in [2.24, 2.45) is 5.41 Å². The third-order valence-electron chi connectivity index (χ3n) is 5.06. The highest BCUT2D eigenvalue weighted by molar-refractivity contribution is 5.99. The molecule has 3 N–H and O–H groups in total. The summed E-state index contributed by atoms with van der Waals surface area (Å²) < 4.78 is 5.30. The zero-order chi connectivity index (χ0) is 18.1. The van der Waals surface area contributed by atoms with E-state index in [1.807, 2.05) is 30.3 Å². The van der Waals surface area contributed by atoms with Gasteiger partial charge in [-0.2, -0.15) is 0 Å². The van der Waals surface area contributed by atoms with Crippen LogP contribution in [0.5, 0.6) is 5.75 Å². The van der Waals surface area contributed by atoms with E-state index < -0.39 is 6.10 Å². The van der Waals surface area contributed by atoms with Crippen LogP contribution in [0.3, 0.4) is 0 Å². The zero-order valence-electron chi connectivity index (χ0n) is 14.2. The normalized spacial score (nSPS) is 18.1. The number of carbonyl (C=O) groups excluding carboxylic acids is 2. The highest BCUT2D eigenvalue weighted by atomic mass is 16.5. The van der Waals surface area contributed by atoms with Gasteiger partial charge in [-0.25, -0.2) is 0 Å². The molecule has 4 rings (SSSR count). The molecule has 0 saturated heterocycles. The summed E-state index contributed by atoms with van der Waals surface area (Å²) in [5.41, 5.74) is 1.51. The van der Waals surface area contributed by atoms with Crippen LogP contribution >= 0.6 is 0 Å². The lowest BCUT2D eigenvalue weighted by molar-refractivity contribution is -0.118. The molecule has 6 nitrogen and oxygen atoms in total. The summed E-state index contributed by atoms with van der Waals surface area (Å²) in [7, 11) is 0. The second-order valence-corrected chi connectivity index (χ2v) is 6.91. The van der Waals surface area contributed by atoms with Crippen molar-refractivity contribution in [3.05, 3.63) is 59.7 Å². The molecule has 0 bridgehead atoms. The van der Waals surface area contributed by atoms with Gasteiger partial charge in [-0.3, -0.25) is 9.59 Å². The van der Waals surface area contributed by atoms with Crippen LogP contribution in [0.1, 0.15) is 34.9 Å². The van der Waals surface area contributed by atoms with Crippen LogP contribution in [0.2, 0.25) is 0 Å². The molecule has 2 aromatic rings. The molecule has 0 spiro atoms. The molecule has 1 heterocycles. The van der Waals surface area contributed by atoms with Crippen LogP contribution < -0.4 is 15.4 Å². The highest BCUT2D eigenvalue weighted by Gasteiger charge is 2.49. The van der Waals surface area contributed by atoms with Crippen molar-refractivity contribution < 1.29 is 19.4 Å². The van der Waals surface area contributed by atoms with Gasteiger partial charge < -0.3 is 20.5 Å². The molecule has 0 aromatic heterocycles. The Labute approximate surface area is 151 Å². The zero-order valence-corrected chi connectivity index (χ0v) is 14.2. The van der Waals surface area contributed by atoms with Gasteiger partial charge in [0.1, 0.15) is 5.75 Å². The predicted molar refractivity (Wildman–Crippen MR) is 96.0 cm³/mol. The maximum absolute atomic E-state index is 12.5. The van der Waals surface area contributed by atoms with E-state index in [1.54, 1.807) is 18.2 Å². The molecule has 6 heteroatoms. The molecule has 2 aromatic carbocycles. The van der Waals surface area contributed by atoms with E-state index >= 15 is 0 Å². The van der Waals surface area contributed by atoms with Crippen molar-refractivity contribution in [3.8, 4) is 5.75 Å². The van der Waals surface area contributed by atoms with E-state index in [0.717, 1.165) is 18.4 Å². The number of fused-ring (bicyclic) bond motifs is 1. The summed E-state index contributed by atoms with van der Waals surface area (Å²) in [4.78, 5) is 23.9. The van der Waals surface area contributed by atoms with Crippen molar-refractivity contribution in [1.29, 1.82) is 0 Å². The highest BCUT2D eigenvalue weighted by Crippen LogP contribution is 2.54. The van der Waals surface area contributed by atoms with Gasteiger partial charge in [-0.05, 0) is 36.6 Å². The number of ether oxygens (including phenoxy) is 1. The third-order valence-corrected chi connectivity index (χ3v) is 5.06. The third kappa shape index (κ3) is 3.15. The van der Waals surface area contributed by atoms with Crippen LogP contribution in [-0.2, 0) is 4.79 Å². The fourth-order valence-corrected chi connectivity index (χ4v) is 3.28. The number of amides is 2. The second kappa shape index (κ2) is 6.46. The Balaban J connectivity index is 1.43. The largest absolute Gasteiger partial charge is 0.482 e. The first-order valence-electron chi connectivity index (χ1n) is 8.65. The molecule has 2 amide bonds. The van der Waals surface area contributed by atoms with Gasteiger partial charge in [0, 0.05) is 17.5 Å². The van der Waals surface area contributed by atoms with Gasteiger partial charge in [0.25, 0.3) is 11.8 Å². The van der Waals surface area contributed by atoms with Gasteiger partial charge in [-0.15, -0.1) is 0 Å². The molecule has 1 unspecified atom stereocenters. The number of benzene rings is 2. The van der Waals surface area contributed by atoms with Crippen LogP contribution in [0, 0.1) is 5.41 Å². The number of nitrogens with one attached hydrogen (secondary N) is 2. The standard InChI is InChI=1S/C20H20N2O4/c23-17-11-26-16-7-6-14(10-15(16)22-17)19(25)21-12-20(8-9-20)18(24)13-4-2-1-3-5-13/h1-7,10,18,24H,8-9,11-12H2,(H,21,25)(H,22,23). The van der Waals surface area contributed by atoms with Crippen LogP contribution in [0.25, 0.3) is 0 Å². The molecular formula is C20H20N2O4. The lowest BCUT2D eigenvalue weighted by atomic mass is 9.92. The van der Waals surface area contributed by atoms with E-state index in [2.05, 4.69) is 10.6 Å². The van der Waals surface area contributed by atoms with Crippen molar-refractivity contribution in [3.63, 3.8) is 0 Å². The Hall–Kier alpha value is -2.86. The number of hydrogen-bond acceptors (Lipinski definition) is 4. The maximum Gasteiger partial charge on any atom is 0.262 e. The van der Waals surface area contributed by atoms with Crippen LogP contribution in [-0.4, -0.2) is 30.1 Å². The number of hydrogen-bond donors (Lipinski definition) is 3. The Bertz CT molecular complexity index is 846. The average molecular weight is 352 g/mol. The van der Waals surface area contributed by atoms with E-state index in [1.165, 1.54) is 0 Å². The maximum atomic E-state index is 12.5. The second-order valence-electron chi connectivity index (χ2n) is 6.91. The minimum absolute atomic E-state index is 0.0154. The van der Waals surface area contributed by atoms with E-state index in [4.69, 9.17) is 4.74 Å². The lowest BCUT2D eigenvalue weighted by Crippen LogP contribution is -2.33. The summed E-state index contributed by atoms with van der Waals surface area (Å²) in [6, 6.07) is 14.5. The fourth-order valence-electron chi connectivity index (χ4n) is 3.28. The Morgan fingerprint density at radius 2 is 2.00 bits per heavy atom. The van der Waals surface area contributed by atoms with Crippen molar-refractivity contribution >= 4 is 17.5 Å². The topological polar surface area (TPSA) is 87.7 Å². The summed E-state index contributed by atoms with van der Waals surface area (Å²) >= 11 is 0. The Kier molecular flexibility index (Phi) is 4.12.